The van der Waals surface area contributed by atoms with Crippen molar-refractivity contribution in [3.63, 3.8) is 0 Å². The predicted octanol–water partition coefficient (Wildman–Crippen LogP) is 6.37. The Labute approximate surface area is 205 Å². The third kappa shape index (κ3) is 4.97. The molecule has 1 aliphatic rings. The minimum atomic E-state index is -2.84. The van der Waals surface area contributed by atoms with Gasteiger partial charge in [0.05, 0.1) is 10.2 Å². The molecule has 35 heavy (non-hydrogen) atoms. The zero-order valence-electron chi connectivity index (χ0n) is 19.4. The molecule has 9 heteroatoms. The van der Waals surface area contributed by atoms with Crippen LogP contribution in [0.1, 0.15) is 25.5 Å². The minimum absolute atomic E-state index is 0.0469. The molecule has 0 unspecified atom stereocenters. The Kier molecular flexibility index (Phi) is 6.62. The lowest BCUT2D eigenvalue weighted by Gasteiger charge is -2.43. The Morgan fingerprint density at radius 1 is 1.06 bits per heavy atom. The molecule has 4 aromatic rings. The molecule has 5 nitrogen and oxygen atoms in total. The van der Waals surface area contributed by atoms with Crippen LogP contribution in [-0.4, -0.2) is 47.2 Å². The molecular formula is C26H25F3N4OS. The molecule has 1 saturated heterocycles. The number of aromatic nitrogens is 2. The van der Waals surface area contributed by atoms with Gasteiger partial charge in [0.25, 0.3) is 0 Å². The minimum Gasteiger partial charge on any atom is -0.435 e. The maximum absolute atomic E-state index is 13.4. The fraction of sp³-hybridized carbons (Fsp3) is 0.308. The Balaban J connectivity index is 1.35. The van der Waals surface area contributed by atoms with Crippen LogP contribution >= 0.6 is 11.3 Å². The van der Waals surface area contributed by atoms with Crippen LogP contribution in [0.3, 0.4) is 0 Å². The molecule has 2 aromatic heterocycles. The summed E-state index contributed by atoms with van der Waals surface area (Å²) in [7, 11) is 0. The van der Waals surface area contributed by atoms with Crippen molar-refractivity contribution in [2.24, 2.45) is 0 Å². The highest BCUT2D eigenvalue weighted by Gasteiger charge is 2.30. The average Bonchev–Trinajstić information content (AvgIpc) is 3.28. The summed E-state index contributed by atoms with van der Waals surface area (Å²) in [6, 6.07) is 15.7. The topological polar surface area (TPSA) is 41.5 Å². The monoisotopic (exact) mass is 498 g/mol. The van der Waals surface area contributed by atoms with Gasteiger partial charge in [0.15, 0.2) is 0 Å². The van der Waals surface area contributed by atoms with Crippen molar-refractivity contribution in [3.8, 4) is 16.2 Å². The molecule has 0 spiro atoms. The summed E-state index contributed by atoms with van der Waals surface area (Å²) in [5, 5.41) is 0. The van der Waals surface area contributed by atoms with E-state index in [4.69, 9.17) is 0 Å². The van der Waals surface area contributed by atoms with E-state index in [1.54, 1.807) is 48.0 Å². The third-order valence-electron chi connectivity index (χ3n) is 6.46. The highest BCUT2D eigenvalue weighted by molar-refractivity contribution is 7.22. The fourth-order valence-corrected chi connectivity index (χ4v) is 5.84. The maximum Gasteiger partial charge on any atom is 0.387 e. The summed E-state index contributed by atoms with van der Waals surface area (Å²) >= 11 is 1.61. The number of nitrogens with zero attached hydrogens (tertiary/aromatic N) is 4. The lowest BCUT2D eigenvalue weighted by atomic mass is 10.0. The second kappa shape index (κ2) is 9.83. The third-order valence-corrected chi connectivity index (χ3v) is 7.63. The SMILES string of the molecule is C[C@@H]1CN(c2ncnc3cc(-c4ccc(F)cc4)sc23)CCN1[C@@H](C)c1cccc(OC(F)F)c1. The first kappa shape index (κ1) is 23.6. The Hall–Kier alpha value is -3.17. The van der Waals surface area contributed by atoms with Gasteiger partial charge in [-0.3, -0.25) is 4.90 Å². The number of alkyl halides is 2. The second-order valence-corrected chi connectivity index (χ2v) is 9.74. The van der Waals surface area contributed by atoms with Gasteiger partial charge in [-0.15, -0.1) is 11.3 Å². The average molecular weight is 499 g/mol. The smallest absolute Gasteiger partial charge is 0.387 e. The molecule has 182 valence electrons. The van der Waals surface area contributed by atoms with Crippen LogP contribution in [-0.2, 0) is 0 Å². The van der Waals surface area contributed by atoms with Gasteiger partial charge in [-0.05, 0) is 55.3 Å². The molecule has 2 atom stereocenters. The van der Waals surface area contributed by atoms with Crippen molar-refractivity contribution < 1.29 is 17.9 Å². The van der Waals surface area contributed by atoms with Crippen molar-refractivity contribution >= 4 is 27.4 Å². The zero-order valence-corrected chi connectivity index (χ0v) is 20.2. The van der Waals surface area contributed by atoms with Gasteiger partial charge in [0.1, 0.15) is 23.7 Å². The molecule has 0 amide bonds. The maximum atomic E-state index is 13.4. The van der Waals surface area contributed by atoms with Crippen LogP contribution in [0.4, 0.5) is 19.0 Å². The number of anilines is 1. The number of fused-ring (bicyclic) bond motifs is 1. The molecule has 0 bridgehead atoms. The number of benzene rings is 2. The molecule has 3 heterocycles. The van der Waals surface area contributed by atoms with E-state index >= 15 is 0 Å². The summed E-state index contributed by atoms with van der Waals surface area (Å²) < 4.78 is 44.2. The molecule has 0 aliphatic carbocycles. The number of rotatable bonds is 6. The summed E-state index contributed by atoms with van der Waals surface area (Å²) in [4.78, 5) is 14.7. The lowest BCUT2D eigenvalue weighted by Crippen LogP contribution is -2.52. The Bertz CT molecular complexity index is 1310. The van der Waals surface area contributed by atoms with E-state index in [9.17, 15) is 13.2 Å². The molecule has 1 aliphatic heterocycles. The lowest BCUT2D eigenvalue weighted by molar-refractivity contribution is -0.0499. The number of hydrogen-bond acceptors (Lipinski definition) is 6. The molecule has 1 fully saturated rings. The highest BCUT2D eigenvalue weighted by atomic mass is 32.1. The predicted molar refractivity (Wildman–Crippen MR) is 133 cm³/mol. The Morgan fingerprint density at radius 3 is 2.60 bits per heavy atom. The van der Waals surface area contributed by atoms with Crippen molar-refractivity contribution in [1.82, 2.24) is 14.9 Å². The molecular weight excluding hydrogens is 473 g/mol. The molecule has 2 aromatic carbocycles. The quantitative estimate of drug-likeness (QED) is 0.309. The van der Waals surface area contributed by atoms with Gasteiger partial charge >= 0.3 is 6.61 Å². The number of halogens is 3. The summed E-state index contributed by atoms with van der Waals surface area (Å²) in [5.41, 5.74) is 2.76. The van der Waals surface area contributed by atoms with Gasteiger partial charge in [0.2, 0.25) is 0 Å². The molecule has 5 rings (SSSR count). The van der Waals surface area contributed by atoms with E-state index in [1.165, 1.54) is 12.1 Å². The number of hydrogen-bond donors (Lipinski definition) is 0. The number of thiophene rings is 1. The second-order valence-electron chi connectivity index (χ2n) is 8.69. The van der Waals surface area contributed by atoms with E-state index in [1.807, 2.05) is 12.1 Å². The van der Waals surface area contributed by atoms with E-state index in [2.05, 4.69) is 38.4 Å². The van der Waals surface area contributed by atoms with Crippen LogP contribution in [0.5, 0.6) is 5.75 Å². The van der Waals surface area contributed by atoms with Crippen molar-refractivity contribution in [1.29, 1.82) is 0 Å². The van der Waals surface area contributed by atoms with Gasteiger partial charge in [-0.25, -0.2) is 14.4 Å². The normalized spacial score (nSPS) is 17.8. The van der Waals surface area contributed by atoms with Crippen LogP contribution in [0.15, 0.2) is 60.9 Å². The molecule has 0 saturated carbocycles. The zero-order chi connectivity index (χ0) is 24.5. The molecule has 0 radical (unpaired) electrons. The van der Waals surface area contributed by atoms with Crippen molar-refractivity contribution in [2.45, 2.75) is 32.5 Å². The van der Waals surface area contributed by atoms with Crippen molar-refractivity contribution in [3.05, 3.63) is 72.3 Å². The first-order valence-corrected chi connectivity index (χ1v) is 12.3. The first-order chi connectivity index (χ1) is 16.9. The van der Waals surface area contributed by atoms with Crippen LogP contribution in [0.2, 0.25) is 0 Å². The van der Waals surface area contributed by atoms with Crippen LogP contribution < -0.4 is 9.64 Å². The molecule has 0 N–H and O–H groups in total. The van der Waals surface area contributed by atoms with Crippen molar-refractivity contribution in [2.75, 3.05) is 24.5 Å². The number of piperazine rings is 1. The standard InChI is InChI=1S/C26H25F3N4OS/c1-16-14-32(10-11-33(16)17(2)19-4-3-5-21(12-19)34-26(28)29)25-24-22(30-15-31-25)13-23(35-24)18-6-8-20(27)9-7-18/h3-9,12-13,15-17,26H,10-11,14H2,1-2H3/t16-,17+/m1/s1. The first-order valence-electron chi connectivity index (χ1n) is 11.4. The van der Waals surface area contributed by atoms with Gasteiger partial charge in [-0.2, -0.15) is 8.78 Å². The summed E-state index contributed by atoms with van der Waals surface area (Å²) in [5.74, 6) is 0.818. The van der Waals surface area contributed by atoms with Gasteiger partial charge in [0, 0.05) is 36.6 Å². The van der Waals surface area contributed by atoms with E-state index < -0.39 is 6.61 Å². The van der Waals surface area contributed by atoms with E-state index in [0.717, 1.165) is 51.7 Å². The van der Waals surface area contributed by atoms with E-state index in [-0.39, 0.29) is 23.7 Å². The fourth-order valence-electron chi connectivity index (χ4n) is 4.71. The van der Waals surface area contributed by atoms with Gasteiger partial charge < -0.3 is 9.64 Å². The summed E-state index contributed by atoms with van der Waals surface area (Å²) in [6.07, 6.45) is 1.59. The van der Waals surface area contributed by atoms with Gasteiger partial charge in [-0.1, -0.05) is 24.3 Å². The largest absolute Gasteiger partial charge is 0.435 e. The van der Waals surface area contributed by atoms with E-state index in [0.29, 0.717) is 0 Å². The summed E-state index contributed by atoms with van der Waals surface area (Å²) in [6.45, 7) is 3.76. The number of ether oxygens (including phenoxy) is 1. The van der Waals surface area contributed by atoms with Crippen LogP contribution in [0, 0.1) is 5.82 Å². The Morgan fingerprint density at radius 2 is 1.86 bits per heavy atom. The highest BCUT2D eigenvalue weighted by Crippen LogP contribution is 2.38. The van der Waals surface area contributed by atoms with Crippen LogP contribution in [0.25, 0.3) is 20.7 Å².